The number of benzene rings is 1. The average molecular weight is 259 g/mol. The number of halogens is 3. The third-order valence-electron chi connectivity index (χ3n) is 3.58. The molecule has 1 aliphatic carbocycles. The van der Waals surface area contributed by atoms with Gasteiger partial charge in [0.15, 0.2) is 0 Å². The van der Waals surface area contributed by atoms with Crippen LogP contribution in [0.3, 0.4) is 0 Å². The molecule has 5 heteroatoms. The van der Waals surface area contributed by atoms with Crippen LogP contribution in [-0.4, -0.2) is 13.4 Å². The second-order valence-electron chi connectivity index (χ2n) is 4.61. The van der Waals surface area contributed by atoms with Gasteiger partial charge in [-0.2, -0.15) is 0 Å². The van der Waals surface area contributed by atoms with Gasteiger partial charge in [0.05, 0.1) is 0 Å². The van der Waals surface area contributed by atoms with Crippen molar-refractivity contribution in [2.75, 3.05) is 7.05 Å². The lowest BCUT2D eigenvalue weighted by Crippen LogP contribution is -2.36. The summed E-state index contributed by atoms with van der Waals surface area (Å²) in [4.78, 5) is 0. The van der Waals surface area contributed by atoms with E-state index in [2.05, 4.69) is 10.1 Å². The largest absolute Gasteiger partial charge is 0.573 e. The van der Waals surface area contributed by atoms with Crippen molar-refractivity contribution in [3.8, 4) is 5.75 Å². The maximum atomic E-state index is 12.0. The molecule has 0 unspecified atom stereocenters. The molecule has 0 saturated heterocycles. The molecular weight excluding hydrogens is 243 g/mol. The molecule has 1 N–H and O–H groups in total. The van der Waals surface area contributed by atoms with Crippen LogP contribution >= 0.6 is 0 Å². The Balaban J connectivity index is 2.16. The highest BCUT2D eigenvalue weighted by Gasteiger charge is 2.34. The van der Waals surface area contributed by atoms with E-state index < -0.39 is 6.36 Å². The molecule has 1 saturated carbocycles. The van der Waals surface area contributed by atoms with Crippen LogP contribution in [0.15, 0.2) is 24.3 Å². The molecule has 0 atom stereocenters. The summed E-state index contributed by atoms with van der Waals surface area (Å²) in [5.74, 6) is -0.171. The Morgan fingerprint density at radius 1 is 1.11 bits per heavy atom. The minimum atomic E-state index is -4.63. The molecule has 0 aromatic heterocycles. The number of hydrogen-bond acceptors (Lipinski definition) is 2. The zero-order valence-corrected chi connectivity index (χ0v) is 10.2. The topological polar surface area (TPSA) is 21.3 Å². The Bertz CT molecular complexity index is 394. The second kappa shape index (κ2) is 4.80. The summed E-state index contributed by atoms with van der Waals surface area (Å²) in [5, 5.41) is 3.30. The fourth-order valence-electron chi connectivity index (χ4n) is 2.64. The number of nitrogens with one attached hydrogen (secondary N) is 1. The van der Waals surface area contributed by atoms with Crippen LogP contribution in [0.1, 0.15) is 31.2 Å². The molecular formula is C13H16F3NO. The van der Waals surface area contributed by atoms with Crippen LogP contribution < -0.4 is 10.1 Å². The Hall–Kier alpha value is -1.23. The molecule has 1 aliphatic rings. The van der Waals surface area contributed by atoms with Gasteiger partial charge in [0.25, 0.3) is 0 Å². The highest BCUT2D eigenvalue weighted by atomic mass is 19.4. The molecule has 0 radical (unpaired) electrons. The van der Waals surface area contributed by atoms with Crippen LogP contribution in [-0.2, 0) is 5.54 Å². The molecule has 1 aromatic carbocycles. The van der Waals surface area contributed by atoms with Crippen molar-refractivity contribution in [2.45, 2.75) is 37.6 Å². The Morgan fingerprint density at radius 3 is 2.11 bits per heavy atom. The third kappa shape index (κ3) is 2.77. The van der Waals surface area contributed by atoms with Crippen molar-refractivity contribution < 1.29 is 17.9 Å². The summed E-state index contributed by atoms with van der Waals surface area (Å²) in [6, 6.07) is 6.17. The van der Waals surface area contributed by atoms with Gasteiger partial charge < -0.3 is 10.1 Å². The predicted molar refractivity (Wildman–Crippen MR) is 62.3 cm³/mol. The number of hydrogen-bond donors (Lipinski definition) is 1. The smallest absolute Gasteiger partial charge is 0.406 e. The van der Waals surface area contributed by atoms with E-state index in [-0.39, 0.29) is 11.3 Å². The SMILES string of the molecule is CNC1(c2ccc(OC(F)(F)F)cc2)CCCC1. The zero-order chi connectivity index (χ0) is 13.2. The van der Waals surface area contributed by atoms with Gasteiger partial charge >= 0.3 is 6.36 Å². The van der Waals surface area contributed by atoms with Crippen molar-refractivity contribution in [3.05, 3.63) is 29.8 Å². The first kappa shape index (κ1) is 13.2. The molecule has 0 spiro atoms. The summed E-state index contributed by atoms with van der Waals surface area (Å²) in [7, 11) is 1.89. The van der Waals surface area contributed by atoms with E-state index in [1.165, 1.54) is 12.1 Å². The maximum Gasteiger partial charge on any atom is 0.573 e. The first-order chi connectivity index (χ1) is 8.45. The summed E-state index contributed by atoms with van der Waals surface area (Å²) < 4.78 is 40.0. The van der Waals surface area contributed by atoms with Crippen LogP contribution in [0.4, 0.5) is 13.2 Å². The van der Waals surface area contributed by atoms with Gasteiger partial charge in [0, 0.05) is 5.54 Å². The third-order valence-corrected chi connectivity index (χ3v) is 3.58. The monoisotopic (exact) mass is 259 g/mol. The van der Waals surface area contributed by atoms with Gasteiger partial charge in [-0.1, -0.05) is 25.0 Å². The number of alkyl halides is 3. The van der Waals surface area contributed by atoms with Gasteiger partial charge in [0.1, 0.15) is 5.75 Å². The summed E-state index contributed by atoms with van der Waals surface area (Å²) in [6.45, 7) is 0. The normalized spacial score (nSPS) is 18.9. The van der Waals surface area contributed by atoms with Gasteiger partial charge in [-0.05, 0) is 37.6 Å². The Kier molecular flexibility index (Phi) is 3.52. The van der Waals surface area contributed by atoms with E-state index in [1.54, 1.807) is 12.1 Å². The highest BCUT2D eigenvalue weighted by Crippen LogP contribution is 2.39. The average Bonchev–Trinajstić information content (AvgIpc) is 2.77. The van der Waals surface area contributed by atoms with E-state index in [0.29, 0.717) is 0 Å². The molecule has 0 amide bonds. The van der Waals surface area contributed by atoms with Gasteiger partial charge in [-0.25, -0.2) is 0 Å². The van der Waals surface area contributed by atoms with Crippen molar-refractivity contribution in [2.24, 2.45) is 0 Å². The maximum absolute atomic E-state index is 12.0. The fraction of sp³-hybridized carbons (Fsp3) is 0.538. The van der Waals surface area contributed by atoms with Crippen molar-refractivity contribution in [1.82, 2.24) is 5.32 Å². The minimum absolute atomic E-state index is 0.0865. The molecule has 100 valence electrons. The lowest BCUT2D eigenvalue weighted by atomic mass is 9.88. The van der Waals surface area contributed by atoms with Gasteiger partial charge in [0.2, 0.25) is 0 Å². The molecule has 2 rings (SSSR count). The van der Waals surface area contributed by atoms with Crippen molar-refractivity contribution in [1.29, 1.82) is 0 Å². The molecule has 2 nitrogen and oxygen atoms in total. The van der Waals surface area contributed by atoms with Gasteiger partial charge in [-0.15, -0.1) is 13.2 Å². The standard InChI is InChI=1S/C13H16F3NO/c1-17-12(8-2-3-9-12)10-4-6-11(7-5-10)18-13(14,15)16/h4-7,17H,2-3,8-9H2,1H3. The first-order valence-corrected chi connectivity index (χ1v) is 6.00. The molecule has 0 aliphatic heterocycles. The molecule has 1 aromatic rings. The van der Waals surface area contributed by atoms with E-state index in [1.807, 2.05) is 7.05 Å². The quantitative estimate of drug-likeness (QED) is 0.896. The van der Waals surface area contributed by atoms with E-state index in [4.69, 9.17) is 0 Å². The lowest BCUT2D eigenvalue weighted by Gasteiger charge is -2.29. The lowest BCUT2D eigenvalue weighted by molar-refractivity contribution is -0.274. The van der Waals surface area contributed by atoms with Crippen molar-refractivity contribution in [3.63, 3.8) is 0 Å². The van der Waals surface area contributed by atoms with E-state index in [0.717, 1.165) is 31.2 Å². The predicted octanol–water partition coefficient (Wildman–Crippen LogP) is 3.57. The van der Waals surface area contributed by atoms with Crippen LogP contribution in [0.2, 0.25) is 0 Å². The second-order valence-corrected chi connectivity index (χ2v) is 4.61. The first-order valence-electron chi connectivity index (χ1n) is 6.00. The zero-order valence-electron chi connectivity index (χ0n) is 10.2. The van der Waals surface area contributed by atoms with E-state index in [9.17, 15) is 13.2 Å². The molecule has 1 fully saturated rings. The summed E-state index contributed by atoms with van der Waals surface area (Å²) in [6.07, 6.45) is -0.315. The molecule has 18 heavy (non-hydrogen) atoms. The van der Waals surface area contributed by atoms with Crippen LogP contribution in [0.5, 0.6) is 5.75 Å². The van der Waals surface area contributed by atoms with Crippen molar-refractivity contribution >= 4 is 0 Å². The molecule has 0 bridgehead atoms. The summed E-state index contributed by atoms with van der Waals surface area (Å²) >= 11 is 0. The highest BCUT2D eigenvalue weighted by molar-refractivity contribution is 5.32. The van der Waals surface area contributed by atoms with Crippen LogP contribution in [0.25, 0.3) is 0 Å². The Morgan fingerprint density at radius 2 is 1.67 bits per heavy atom. The Labute approximate surface area is 104 Å². The van der Waals surface area contributed by atoms with E-state index >= 15 is 0 Å². The summed E-state index contributed by atoms with van der Waals surface area (Å²) in [5.41, 5.74) is 0.938. The minimum Gasteiger partial charge on any atom is -0.406 e. The van der Waals surface area contributed by atoms with Crippen LogP contribution in [0, 0.1) is 0 Å². The molecule has 0 heterocycles. The fourth-order valence-corrected chi connectivity index (χ4v) is 2.64. The van der Waals surface area contributed by atoms with Gasteiger partial charge in [-0.3, -0.25) is 0 Å². The number of ether oxygens (including phenoxy) is 1. The number of rotatable bonds is 3.